The zero-order valence-electron chi connectivity index (χ0n) is 7.13. The molecule has 1 heteroatoms. The average Bonchev–Trinajstić information content (AvgIpc) is 2.07. The van der Waals surface area contributed by atoms with Crippen molar-refractivity contribution in [1.29, 1.82) is 0 Å². The second-order valence-electron chi connectivity index (χ2n) is 2.68. The lowest BCUT2D eigenvalue weighted by molar-refractivity contribution is 1.02. The summed E-state index contributed by atoms with van der Waals surface area (Å²) in [6.07, 6.45) is 11.3. The Kier molecular flexibility index (Phi) is 3.50. The molecule has 1 rings (SSSR count). The van der Waals surface area contributed by atoms with E-state index in [2.05, 4.69) is 36.8 Å². The van der Waals surface area contributed by atoms with E-state index in [1.54, 1.807) is 11.8 Å². The van der Waals surface area contributed by atoms with Crippen molar-refractivity contribution in [1.82, 2.24) is 0 Å². The van der Waals surface area contributed by atoms with Gasteiger partial charge < -0.3 is 0 Å². The molecule has 0 aromatic rings. The molecule has 11 heavy (non-hydrogen) atoms. The Balaban J connectivity index is 2.66. The highest BCUT2D eigenvalue weighted by atomic mass is 32.2. The maximum atomic E-state index is 2.31. The van der Waals surface area contributed by atoms with Gasteiger partial charge in [0.1, 0.15) is 0 Å². The lowest BCUT2D eigenvalue weighted by Gasteiger charge is -2.05. The van der Waals surface area contributed by atoms with Crippen molar-refractivity contribution in [3.8, 4) is 0 Å². The standard InChI is InChI=1S/C10H14S/c1-9(8-11-2)10-6-4-3-5-7-10/h4,6-8H,3,5H2,1-2H3/b9-8-. The van der Waals surface area contributed by atoms with Crippen molar-refractivity contribution in [3.05, 3.63) is 34.8 Å². The first kappa shape index (κ1) is 8.66. The molecular weight excluding hydrogens is 152 g/mol. The van der Waals surface area contributed by atoms with Crippen LogP contribution in [-0.2, 0) is 0 Å². The molecule has 1 aliphatic carbocycles. The van der Waals surface area contributed by atoms with Crippen LogP contribution in [0.1, 0.15) is 19.8 Å². The largest absolute Gasteiger partial charge is 0.137 e. The Bertz CT molecular complexity index is 209. The lowest BCUT2D eigenvalue weighted by atomic mass is 10.0. The van der Waals surface area contributed by atoms with Crippen LogP contribution in [0.3, 0.4) is 0 Å². The molecule has 0 spiro atoms. The molecule has 0 saturated carbocycles. The van der Waals surface area contributed by atoms with E-state index in [4.69, 9.17) is 0 Å². The lowest BCUT2D eigenvalue weighted by Crippen LogP contribution is -1.85. The fourth-order valence-corrected chi connectivity index (χ4v) is 1.64. The van der Waals surface area contributed by atoms with Crippen LogP contribution in [0, 0.1) is 0 Å². The summed E-state index contributed by atoms with van der Waals surface area (Å²) in [6, 6.07) is 0. The van der Waals surface area contributed by atoms with E-state index >= 15 is 0 Å². The monoisotopic (exact) mass is 166 g/mol. The molecular formula is C10H14S. The molecule has 0 heterocycles. The van der Waals surface area contributed by atoms with Crippen molar-refractivity contribution in [3.63, 3.8) is 0 Å². The molecule has 0 radical (unpaired) electrons. The van der Waals surface area contributed by atoms with Gasteiger partial charge in [-0.2, -0.15) is 0 Å². The third kappa shape index (κ3) is 2.58. The average molecular weight is 166 g/mol. The summed E-state index contributed by atoms with van der Waals surface area (Å²) in [6.45, 7) is 2.16. The highest BCUT2D eigenvalue weighted by Crippen LogP contribution is 2.19. The van der Waals surface area contributed by atoms with Crippen LogP contribution in [0.5, 0.6) is 0 Å². The van der Waals surface area contributed by atoms with Crippen molar-refractivity contribution < 1.29 is 0 Å². The second kappa shape index (κ2) is 4.45. The van der Waals surface area contributed by atoms with Crippen molar-refractivity contribution in [2.75, 3.05) is 6.26 Å². The first-order valence-corrected chi connectivity index (χ1v) is 5.20. The molecule has 0 atom stereocenters. The van der Waals surface area contributed by atoms with Gasteiger partial charge in [0.25, 0.3) is 0 Å². The van der Waals surface area contributed by atoms with Gasteiger partial charge in [0, 0.05) is 0 Å². The summed E-state index contributed by atoms with van der Waals surface area (Å²) in [5, 5.41) is 2.20. The molecule has 0 nitrogen and oxygen atoms in total. The molecule has 0 saturated heterocycles. The summed E-state index contributed by atoms with van der Waals surface area (Å²) >= 11 is 1.77. The topological polar surface area (TPSA) is 0 Å². The zero-order valence-corrected chi connectivity index (χ0v) is 7.95. The molecule has 60 valence electrons. The predicted molar refractivity (Wildman–Crippen MR) is 53.7 cm³/mol. The van der Waals surface area contributed by atoms with Gasteiger partial charge in [0.15, 0.2) is 0 Å². The van der Waals surface area contributed by atoms with E-state index in [0.717, 1.165) is 0 Å². The maximum absolute atomic E-state index is 2.31. The fraction of sp³-hybridized carbons (Fsp3) is 0.400. The normalized spacial score (nSPS) is 18.4. The minimum atomic E-state index is 1.20. The molecule has 0 N–H and O–H groups in total. The van der Waals surface area contributed by atoms with Crippen LogP contribution in [0.4, 0.5) is 0 Å². The van der Waals surface area contributed by atoms with Crippen molar-refractivity contribution >= 4 is 11.8 Å². The van der Waals surface area contributed by atoms with Gasteiger partial charge in [0.05, 0.1) is 0 Å². The van der Waals surface area contributed by atoms with Crippen LogP contribution < -0.4 is 0 Å². The molecule has 0 bridgehead atoms. The molecule has 1 aliphatic rings. The molecule has 0 unspecified atom stereocenters. The number of hydrogen-bond donors (Lipinski definition) is 0. The zero-order chi connectivity index (χ0) is 8.10. The smallest absolute Gasteiger partial charge is 0.0142 e. The fourth-order valence-electron chi connectivity index (χ4n) is 1.15. The third-order valence-electron chi connectivity index (χ3n) is 1.74. The van der Waals surface area contributed by atoms with Crippen LogP contribution in [0.25, 0.3) is 0 Å². The Morgan fingerprint density at radius 3 is 2.91 bits per heavy atom. The van der Waals surface area contributed by atoms with E-state index in [1.165, 1.54) is 24.0 Å². The number of allylic oxidation sites excluding steroid dienone is 5. The van der Waals surface area contributed by atoms with Crippen LogP contribution in [0.15, 0.2) is 34.8 Å². The Labute approximate surface area is 73.1 Å². The van der Waals surface area contributed by atoms with Crippen LogP contribution >= 0.6 is 11.8 Å². The van der Waals surface area contributed by atoms with Gasteiger partial charge in [-0.05, 0) is 42.6 Å². The molecule has 0 aromatic carbocycles. The summed E-state index contributed by atoms with van der Waals surface area (Å²) in [7, 11) is 0. The predicted octanol–water partition coefficient (Wildman–Crippen LogP) is 3.53. The molecule has 0 aliphatic heterocycles. The Hall–Kier alpha value is -0.430. The molecule has 0 amide bonds. The van der Waals surface area contributed by atoms with Crippen molar-refractivity contribution in [2.24, 2.45) is 0 Å². The number of thioether (sulfide) groups is 1. The van der Waals surface area contributed by atoms with E-state index in [1.807, 2.05) is 0 Å². The number of rotatable bonds is 2. The van der Waals surface area contributed by atoms with Crippen LogP contribution in [0.2, 0.25) is 0 Å². The number of hydrogen-bond acceptors (Lipinski definition) is 1. The van der Waals surface area contributed by atoms with Gasteiger partial charge in [-0.15, -0.1) is 11.8 Å². The highest BCUT2D eigenvalue weighted by Gasteiger charge is 1.97. The summed E-state index contributed by atoms with van der Waals surface area (Å²) < 4.78 is 0. The minimum Gasteiger partial charge on any atom is -0.137 e. The van der Waals surface area contributed by atoms with Gasteiger partial charge >= 0.3 is 0 Å². The van der Waals surface area contributed by atoms with Gasteiger partial charge in [-0.1, -0.05) is 18.2 Å². The van der Waals surface area contributed by atoms with E-state index < -0.39 is 0 Å². The van der Waals surface area contributed by atoms with E-state index in [9.17, 15) is 0 Å². The quantitative estimate of drug-likeness (QED) is 0.604. The van der Waals surface area contributed by atoms with Gasteiger partial charge in [0.2, 0.25) is 0 Å². The van der Waals surface area contributed by atoms with E-state index in [-0.39, 0.29) is 0 Å². The van der Waals surface area contributed by atoms with Gasteiger partial charge in [-0.25, -0.2) is 0 Å². The maximum Gasteiger partial charge on any atom is -0.0142 e. The highest BCUT2D eigenvalue weighted by molar-refractivity contribution is 8.01. The SMILES string of the molecule is CS/C=C(/C)C1=CCCC=C1. The Morgan fingerprint density at radius 1 is 1.55 bits per heavy atom. The third-order valence-corrected chi connectivity index (χ3v) is 2.33. The minimum absolute atomic E-state index is 1.20. The second-order valence-corrected chi connectivity index (χ2v) is 3.38. The summed E-state index contributed by atoms with van der Waals surface area (Å²) in [5.74, 6) is 0. The summed E-state index contributed by atoms with van der Waals surface area (Å²) in [5.41, 5.74) is 2.78. The molecule has 0 fully saturated rings. The Morgan fingerprint density at radius 2 is 2.36 bits per heavy atom. The first-order chi connectivity index (χ1) is 5.34. The van der Waals surface area contributed by atoms with Crippen LogP contribution in [-0.4, -0.2) is 6.26 Å². The van der Waals surface area contributed by atoms with Gasteiger partial charge in [-0.3, -0.25) is 0 Å². The van der Waals surface area contributed by atoms with E-state index in [0.29, 0.717) is 0 Å². The summed E-state index contributed by atoms with van der Waals surface area (Å²) in [4.78, 5) is 0. The van der Waals surface area contributed by atoms with Crippen molar-refractivity contribution in [2.45, 2.75) is 19.8 Å². The molecule has 0 aromatic heterocycles. The first-order valence-electron chi connectivity index (χ1n) is 3.91.